The Kier molecular flexibility index (Phi) is 4.34. The van der Waals surface area contributed by atoms with Gasteiger partial charge in [-0.15, -0.1) is 0 Å². The van der Waals surface area contributed by atoms with Gasteiger partial charge in [0, 0.05) is 12.1 Å². The van der Waals surface area contributed by atoms with Crippen LogP contribution in [0.1, 0.15) is 16.1 Å². The summed E-state index contributed by atoms with van der Waals surface area (Å²) in [6, 6.07) is 10.6. The second kappa shape index (κ2) is 5.99. The molecule has 2 aromatic rings. The number of halogens is 1. The number of thiocarbonyl (C=S) groups is 1. The van der Waals surface area contributed by atoms with Crippen LogP contribution in [0.15, 0.2) is 45.5 Å². The van der Waals surface area contributed by atoms with Gasteiger partial charge in [-0.1, -0.05) is 24.4 Å². The summed E-state index contributed by atoms with van der Waals surface area (Å²) < 4.78 is 5.68. The molecular weight excluding hydrogens is 328 g/mol. The second-order valence-corrected chi connectivity index (χ2v) is 5.20. The van der Waals surface area contributed by atoms with Gasteiger partial charge in [0.25, 0.3) is 5.91 Å². The van der Waals surface area contributed by atoms with Crippen molar-refractivity contribution in [1.29, 1.82) is 0 Å². The Bertz CT molecular complexity index is 607. The van der Waals surface area contributed by atoms with Gasteiger partial charge in [0.2, 0.25) is 0 Å². The number of nitrogens with two attached hydrogens (primary N) is 1. The normalized spacial score (nSPS) is 10.2. The van der Waals surface area contributed by atoms with Gasteiger partial charge in [-0.3, -0.25) is 4.79 Å². The Balaban J connectivity index is 2.03. The molecule has 1 aromatic carbocycles. The van der Waals surface area contributed by atoms with Crippen molar-refractivity contribution in [1.82, 2.24) is 0 Å². The lowest BCUT2D eigenvalue weighted by Gasteiger charge is -2.04. The molecule has 0 aliphatic heterocycles. The van der Waals surface area contributed by atoms with Gasteiger partial charge in [0.15, 0.2) is 10.4 Å². The summed E-state index contributed by atoms with van der Waals surface area (Å²) in [6.07, 6.45) is 0.550. The van der Waals surface area contributed by atoms with E-state index in [1.54, 1.807) is 24.3 Å². The summed E-state index contributed by atoms with van der Waals surface area (Å²) in [7, 11) is 0. The molecule has 0 fully saturated rings. The molecule has 0 radical (unpaired) electrons. The molecule has 98 valence electrons. The zero-order valence-corrected chi connectivity index (χ0v) is 12.3. The summed E-state index contributed by atoms with van der Waals surface area (Å²) in [5, 5.41) is 2.73. The van der Waals surface area contributed by atoms with Crippen molar-refractivity contribution < 1.29 is 9.21 Å². The molecule has 6 heteroatoms. The van der Waals surface area contributed by atoms with Gasteiger partial charge in [0.1, 0.15) is 0 Å². The summed E-state index contributed by atoms with van der Waals surface area (Å²) in [4.78, 5) is 12.3. The molecule has 1 aromatic heterocycles. The first-order valence-corrected chi connectivity index (χ1v) is 6.68. The van der Waals surface area contributed by atoms with E-state index in [1.807, 2.05) is 12.1 Å². The van der Waals surface area contributed by atoms with Gasteiger partial charge in [-0.2, -0.15) is 0 Å². The van der Waals surface area contributed by atoms with Crippen molar-refractivity contribution in [2.45, 2.75) is 6.42 Å². The zero-order valence-electron chi connectivity index (χ0n) is 9.85. The molecule has 1 heterocycles. The fourth-order valence-electron chi connectivity index (χ4n) is 1.54. The van der Waals surface area contributed by atoms with Crippen LogP contribution >= 0.6 is 28.1 Å². The van der Waals surface area contributed by atoms with Crippen molar-refractivity contribution in [3.05, 3.63) is 52.4 Å². The average molecular weight is 339 g/mol. The van der Waals surface area contributed by atoms with Crippen LogP contribution in [-0.4, -0.2) is 10.9 Å². The quantitative estimate of drug-likeness (QED) is 0.840. The molecular formula is C13H11BrN2O2S. The number of nitrogens with one attached hydrogen (secondary N) is 1. The summed E-state index contributed by atoms with van der Waals surface area (Å²) in [6.45, 7) is 0. The third-order valence-electron chi connectivity index (χ3n) is 2.39. The number of hydrogen-bond acceptors (Lipinski definition) is 3. The predicted molar refractivity (Wildman–Crippen MR) is 81.3 cm³/mol. The van der Waals surface area contributed by atoms with Crippen molar-refractivity contribution in [2.24, 2.45) is 5.73 Å². The first-order chi connectivity index (χ1) is 9.04. The Morgan fingerprint density at radius 3 is 2.47 bits per heavy atom. The molecule has 0 atom stereocenters. The second-order valence-electron chi connectivity index (χ2n) is 3.90. The topological polar surface area (TPSA) is 68.3 Å². The fraction of sp³-hybridized carbons (Fsp3) is 0.0769. The third-order valence-corrected chi connectivity index (χ3v) is 2.96. The van der Waals surface area contributed by atoms with Crippen LogP contribution in [-0.2, 0) is 6.42 Å². The van der Waals surface area contributed by atoms with Crippen LogP contribution in [0.5, 0.6) is 0 Å². The van der Waals surface area contributed by atoms with Gasteiger partial charge in [-0.05, 0) is 45.8 Å². The molecule has 0 aliphatic carbocycles. The lowest BCUT2D eigenvalue weighted by atomic mass is 10.1. The highest BCUT2D eigenvalue weighted by atomic mass is 79.9. The minimum absolute atomic E-state index is 0.249. The van der Waals surface area contributed by atoms with Crippen LogP contribution < -0.4 is 11.1 Å². The number of benzene rings is 1. The molecule has 0 spiro atoms. The van der Waals surface area contributed by atoms with Crippen LogP contribution in [0.25, 0.3) is 0 Å². The first kappa shape index (κ1) is 13.8. The predicted octanol–water partition coefficient (Wildman–Crippen LogP) is 3.12. The molecule has 0 saturated carbocycles. The Labute approximate surface area is 124 Å². The van der Waals surface area contributed by atoms with Crippen molar-refractivity contribution >= 4 is 44.7 Å². The summed E-state index contributed by atoms with van der Waals surface area (Å²) in [5.74, 6) is -0.0492. The van der Waals surface area contributed by atoms with Crippen molar-refractivity contribution in [2.75, 3.05) is 5.32 Å². The van der Waals surface area contributed by atoms with E-state index in [9.17, 15) is 4.79 Å². The number of hydrogen-bond donors (Lipinski definition) is 2. The van der Waals surface area contributed by atoms with Gasteiger partial charge in [0.05, 0.1) is 4.99 Å². The van der Waals surface area contributed by atoms with Crippen LogP contribution in [0, 0.1) is 0 Å². The van der Waals surface area contributed by atoms with Gasteiger partial charge < -0.3 is 15.5 Å². The van der Waals surface area contributed by atoms with E-state index in [1.165, 1.54) is 0 Å². The van der Waals surface area contributed by atoms with Crippen LogP contribution in [0.2, 0.25) is 0 Å². The number of furan rings is 1. The molecule has 4 nitrogen and oxygen atoms in total. The van der Waals surface area contributed by atoms with Crippen molar-refractivity contribution in [3.8, 4) is 0 Å². The standard InChI is InChI=1S/C13H11BrN2O2S/c14-11-6-5-10(18-11)13(17)16-9-3-1-8(2-4-9)7-12(15)19/h1-6H,7H2,(H2,15,19)(H,16,17). The third kappa shape index (κ3) is 3.90. The molecule has 19 heavy (non-hydrogen) atoms. The lowest BCUT2D eigenvalue weighted by Crippen LogP contribution is -2.12. The maximum absolute atomic E-state index is 11.8. The van der Waals surface area contributed by atoms with E-state index in [-0.39, 0.29) is 11.7 Å². The van der Waals surface area contributed by atoms with Crippen molar-refractivity contribution in [3.63, 3.8) is 0 Å². The molecule has 0 aliphatic rings. The molecule has 0 saturated heterocycles. The van der Waals surface area contributed by atoms with Gasteiger partial charge in [-0.25, -0.2) is 0 Å². The highest BCUT2D eigenvalue weighted by Gasteiger charge is 2.10. The first-order valence-electron chi connectivity index (χ1n) is 5.48. The highest BCUT2D eigenvalue weighted by Crippen LogP contribution is 2.16. The number of amides is 1. The number of carbonyl (C=O) groups excluding carboxylic acids is 1. The lowest BCUT2D eigenvalue weighted by molar-refractivity contribution is 0.0995. The zero-order chi connectivity index (χ0) is 13.8. The largest absolute Gasteiger partial charge is 0.444 e. The summed E-state index contributed by atoms with van der Waals surface area (Å²) >= 11 is 7.99. The van der Waals surface area contributed by atoms with Crippen LogP contribution in [0.4, 0.5) is 5.69 Å². The van der Waals surface area contributed by atoms with Gasteiger partial charge >= 0.3 is 0 Å². The Morgan fingerprint density at radius 2 is 1.95 bits per heavy atom. The molecule has 0 unspecified atom stereocenters. The number of carbonyl (C=O) groups is 1. The van der Waals surface area contributed by atoms with E-state index in [0.717, 1.165) is 5.56 Å². The fourth-order valence-corrected chi connectivity index (χ4v) is 2.01. The molecule has 2 rings (SSSR count). The van der Waals surface area contributed by atoms with E-state index in [2.05, 4.69) is 21.2 Å². The molecule has 1 amide bonds. The maximum Gasteiger partial charge on any atom is 0.291 e. The Morgan fingerprint density at radius 1 is 1.26 bits per heavy atom. The number of rotatable bonds is 4. The van der Waals surface area contributed by atoms with E-state index in [0.29, 0.717) is 21.8 Å². The van der Waals surface area contributed by atoms with E-state index >= 15 is 0 Å². The Hall–Kier alpha value is -1.66. The SMILES string of the molecule is NC(=S)Cc1ccc(NC(=O)c2ccc(Br)o2)cc1. The average Bonchev–Trinajstić information content (AvgIpc) is 2.78. The maximum atomic E-state index is 11.8. The monoisotopic (exact) mass is 338 g/mol. The minimum Gasteiger partial charge on any atom is -0.444 e. The highest BCUT2D eigenvalue weighted by molar-refractivity contribution is 9.10. The number of anilines is 1. The van der Waals surface area contributed by atoms with Crippen LogP contribution in [0.3, 0.4) is 0 Å². The molecule has 0 bridgehead atoms. The van der Waals surface area contributed by atoms with E-state index < -0.39 is 0 Å². The minimum atomic E-state index is -0.298. The van der Waals surface area contributed by atoms with E-state index in [4.69, 9.17) is 22.4 Å². The smallest absolute Gasteiger partial charge is 0.291 e. The molecule has 3 N–H and O–H groups in total. The summed E-state index contributed by atoms with van der Waals surface area (Å²) in [5.41, 5.74) is 7.16.